The van der Waals surface area contributed by atoms with Crippen molar-refractivity contribution < 1.29 is 4.74 Å². The van der Waals surface area contributed by atoms with Gasteiger partial charge >= 0.3 is 0 Å². The lowest BCUT2D eigenvalue weighted by atomic mass is 10.2. The Balaban J connectivity index is 1.62. The molecular formula is C18H24N8O. The van der Waals surface area contributed by atoms with Gasteiger partial charge in [0.25, 0.3) is 0 Å². The van der Waals surface area contributed by atoms with E-state index in [9.17, 15) is 0 Å². The summed E-state index contributed by atoms with van der Waals surface area (Å²) in [5.74, 6) is 1.05. The number of nitriles is 1. The summed E-state index contributed by atoms with van der Waals surface area (Å²) < 4.78 is 5.87. The second-order valence-electron chi connectivity index (χ2n) is 6.71. The fraction of sp³-hybridized carbons (Fsp3) is 0.500. The van der Waals surface area contributed by atoms with Gasteiger partial charge < -0.3 is 15.4 Å². The lowest BCUT2D eigenvalue weighted by Gasteiger charge is -2.35. The van der Waals surface area contributed by atoms with Gasteiger partial charge in [0.05, 0.1) is 36.5 Å². The zero-order valence-corrected chi connectivity index (χ0v) is 15.8. The molecule has 0 spiro atoms. The largest absolute Gasteiger partial charge is 0.381 e. The third kappa shape index (κ3) is 5.09. The van der Waals surface area contributed by atoms with E-state index in [2.05, 4.69) is 49.5 Å². The first-order valence-electron chi connectivity index (χ1n) is 8.98. The van der Waals surface area contributed by atoms with Crippen LogP contribution in [0.3, 0.4) is 0 Å². The van der Waals surface area contributed by atoms with Crippen LogP contribution in [0, 0.1) is 18.3 Å². The van der Waals surface area contributed by atoms with Crippen LogP contribution in [0.2, 0.25) is 0 Å². The van der Waals surface area contributed by atoms with E-state index in [0.717, 1.165) is 31.1 Å². The summed E-state index contributed by atoms with van der Waals surface area (Å²) >= 11 is 0. The molecule has 3 rings (SSSR count). The Morgan fingerprint density at radius 1 is 1.30 bits per heavy atom. The first-order valence-corrected chi connectivity index (χ1v) is 8.98. The number of nitrogens with zero attached hydrogens (tertiary/aromatic N) is 6. The second-order valence-corrected chi connectivity index (χ2v) is 6.71. The van der Waals surface area contributed by atoms with Crippen molar-refractivity contribution in [1.82, 2.24) is 25.1 Å². The van der Waals surface area contributed by atoms with E-state index in [-0.39, 0.29) is 11.8 Å². The molecule has 0 bridgehead atoms. The Morgan fingerprint density at radius 3 is 2.85 bits per heavy atom. The van der Waals surface area contributed by atoms with E-state index in [0.29, 0.717) is 24.2 Å². The standard InChI is InChI=1S/C18H24N8O/c1-12(2)26-4-5-27-15(11-26)9-21-16-6-17(25-24-13(16)3)23-18-10-20-14(7-19)8-22-18/h6,8,10,12,15H,4-5,9,11H2,1-3H3,(H2,21,22,23,25)/t15-/m1/s1. The van der Waals surface area contributed by atoms with E-state index < -0.39 is 0 Å². The lowest BCUT2D eigenvalue weighted by molar-refractivity contribution is -0.0315. The SMILES string of the molecule is Cc1nnc(Nc2cnc(C#N)cn2)cc1NC[C@@H]1CN(C(C)C)CCO1. The number of anilines is 3. The maximum Gasteiger partial charge on any atom is 0.158 e. The molecule has 0 unspecified atom stereocenters. The highest BCUT2D eigenvalue weighted by Gasteiger charge is 2.22. The Morgan fingerprint density at radius 2 is 2.15 bits per heavy atom. The van der Waals surface area contributed by atoms with Crippen molar-refractivity contribution >= 4 is 17.3 Å². The number of aromatic nitrogens is 4. The van der Waals surface area contributed by atoms with Gasteiger partial charge in [0.1, 0.15) is 11.9 Å². The normalized spacial score (nSPS) is 17.5. The second kappa shape index (κ2) is 8.70. The predicted molar refractivity (Wildman–Crippen MR) is 102 cm³/mol. The number of hydrogen-bond donors (Lipinski definition) is 2. The van der Waals surface area contributed by atoms with E-state index in [4.69, 9.17) is 10.00 Å². The summed E-state index contributed by atoms with van der Waals surface area (Å²) in [4.78, 5) is 10.5. The number of ether oxygens (including phenoxy) is 1. The van der Waals surface area contributed by atoms with Crippen LogP contribution in [-0.2, 0) is 4.74 Å². The van der Waals surface area contributed by atoms with Gasteiger partial charge in [-0.25, -0.2) is 9.97 Å². The molecule has 1 fully saturated rings. The molecule has 1 aliphatic heterocycles. The van der Waals surface area contributed by atoms with Crippen LogP contribution in [0.4, 0.5) is 17.3 Å². The molecule has 0 aliphatic carbocycles. The summed E-state index contributed by atoms with van der Waals surface area (Å²) in [6.07, 6.45) is 3.03. The molecule has 0 radical (unpaired) electrons. The molecule has 0 saturated carbocycles. The number of aryl methyl sites for hydroxylation is 1. The summed E-state index contributed by atoms with van der Waals surface area (Å²) in [6, 6.07) is 4.34. The van der Waals surface area contributed by atoms with E-state index in [1.807, 2.05) is 19.1 Å². The van der Waals surface area contributed by atoms with E-state index in [1.54, 1.807) is 0 Å². The first-order chi connectivity index (χ1) is 13.0. The van der Waals surface area contributed by atoms with Crippen LogP contribution in [0.1, 0.15) is 25.2 Å². The van der Waals surface area contributed by atoms with Crippen LogP contribution in [0.25, 0.3) is 0 Å². The summed E-state index contributed by atoms with van der Waals surface area (Å²) in [7, 11) is 0. The molecule has 9 heteroatoms. The Hall–Kier alpha value is -2.83. The molecule has 2 N–H and O–H groups in total. The fourth-order valence-corrected chi connectivity index (χ4v) is 2.83. The lowest BCUT2D eigenvalue weighted by Crippen LogP contribution is -2.48. The summed E-state index contributed by atoms with van der Waals surface area (Å²) in [5.41, 5.74) is 1.96. The van der Waals surface area contributed by atoms with Gasteiger partial charge in [-0.15, -0.1) is 5.10 Å². The van der Waals surface area contributed by atoms with Gasteiger partial charge in [-0.3, -0.25) is 4.90 Å². The smallest absolute Gasteiger partial charge is 0.158 e. The van der Waals surface area contributed by atoms with Crippen molar-refractivity contribution in [2.24, 2.45) is 0 Å². The van der Waals surface area contributed by atoms with Gasteiger partial charge in [-0.05, 0) is 20.8 Å². The molecule has 1 aliphatic rings. The number of rotatable bonds is 6. The summed E-state index contributed by atoms with van der Waals surface area (Å²) in [5, 5.41) is 23.6. The maximum absolute atomic E-state index is 8.78. The number of morpholine rings is 1. The summed E-state index contributed by atoms with van der Waals surface area (Å²) in [6.45, 7) is 9.66. The highest BCUT2D eigenvalue weighted by molar-refractivity contribution is 5.59. The number of nitrogens with one attached hydrogen (secondary N) is 2. The third-order valence-electron chi connectivity index (χ3n) is 4.42. The van der Waals surface area contributed by atoms with E-state index in [1.165, 1.54) is 12.4 Å². The average Bonchev–Trinajstić information content (AvgIpc) is 2.69. The maximum atomic E-state index is 8.78. The minimum Gasteiger partial charge on any atom is -0.381 e. The molecule has 2 aromatic heterocycles. The molecule has 0 amide bonds. The minimum absolute atomic E-state index is 0.134. The molecular weight excluding hydrogens is 344 g/mol. The van der Waals surface area contributed by atoms with Crippen LogP contribution < -0.4 is 10.6 Å². The monoisotopic (exact) mass is 368 g/mol. The van der Waals surface area contributed by atoms with Gasteiger partial charge in [0.15, 0.2) is 11.5 Å². The quantitative estimate of drug-likeness (QED) is 0.787. The molecule has 0 aromatic carbocycles. The van der Waals surface area contributed by atoms with Gasteiger partial charge in [-0.2, -0.15) is 10.4 Å². The van der Waals surface area contributed by atoms with Gasteiger partial charge in [-0.1, -0.05) is 0 Å². The Bertz CT molecular complexity index is 802. The molecule has 3 heterocycles. The highest BCUT2D eigenvalue weighted by atomic mass is 16.5. The molecule has 2 aromatic rings. The zero-order chi connectivity index (χ0) is 19.2. The molecule has 1 saturated heterocycles. The van der Waals surface area contributed by atoms with Crippen LogP contribution in [0.5, 0.6) is 0 Å². The fourth-order valence-electron chi connectivity index (χ4n) is 2.83. The molecule has 1 atom stereocenters. The Kier molecular flexibility index (Phi) is 6.11. The Labute approximate surface area is 158 Å². The predicted octanol–water partition coefficient (Wildman–Crippen LogP) is 1.71. The molecule has 9 nitrogen and oxygen atoms in total. The van der Waals surface area contributed by atoms with Crippen molar-refractivity contribution in [2.45, 2.75) is 32.9 Å². The third-order valence-corrected chi connectivity index (χ3v) is 4.42. The van der Waals surface area contributed by atoms with Crippen LogP contribution in [-0.4, -0.2) is 63.5 Å². The van der Waals surface area contributed by atoms with Crippen LogP contribution >= 0.6 is 0 Å². The topological polar surface area (TPSA) is 112 Å². The first kappa shape index (κ1) is 18.9. The highest BCUT2D eigenvalue weighted by Crippen LogP contribution is 2.19. The number of hydrogen-bond acceptors (Lipinski definition) is 9. The zero-order valence-electron chi connectivity index (χ0n) is 15.8. The van der Waals surface area contributed by atoms with Gasteiger partial charge in [0.2, 0.25) is 0 Å². The van der Waals surface area contributed by atoms with Crippen molar-refractivity contribution in [2.75, 3.05) is 36.9 Å². The minimum atomic E-state index is 0.134. The van der Waals surface area contributed by atoms with Crippen molar-refractivity contribution in [3.05, 3.63) is 29.8 Å². The van der Waals surface area contributed by atoms with Gasteiger partial charge in [0, 0.05) is 31.7 Å². The average molecular weight is 368 g/mol. The van der Waals surface area contributed by atoms with E-state index >= 15 is 0 Å². The van der Waals surface area contributed by atoms with Crippen LogP contribution in [0.15, 0.2) is 18.5 Å². The van der Waals surface area contributed by atoms with Crippen molar-refractivity contribution in [3.8, 4) is 6.07 Å². The molecule has 27 heavy (non-hydrogen) atoms. The van der Waals surface area contributed by atoms with Crippen molar-refractivity contribution in [3.63, 3.8) is 0 Å². The van der Waals surface area contributed by atoms with Crippen molar-refractivity contribution in [1.29, 1.82) is 5.26 Å². The molecule has 142 valence electrons.